The zero-order valence-electron chi connectivity index (χ0n) is 17.8. The Balaban J connectivity index is 1.67. The van der Waals surface area contributed by atoms with Crippen molar-refractivity contribution in [2.24, 2.45) is 4.99 Å². The van der Waals surface area contributed by atoms with E-state index >= 15 is 0 Å². The Bertz CT molecular complexity index is 1220. The largest absolute Gasteiger partial charge is 0.432 e. The molecule has 0 bridgehead atoms. The van der Waals surface area contributed by atoms with Crippen LogP contribution in [0.1, 0.15) is 27.1 Å². The zero-order valence-corrected chi connectivity index (χ0v) is 19.4. The van der Waals surface area contributed by atoms with Crippen molar-refractivity contribution in [2.45, 2.75) is 25.6 Å². The van der Waals surface area contributed by atoms with Crippen molar-refractivity contribution in [1.82, 2.24) is 5.32 Å². The summed E-state index contributed by atoms with van der Waals surface area (Å²) in [5.41, 5.74) is 4.54. The van der Waals surface area contributed by atoms with Gasteiger partial charge in [0.25, 0.3) is 18.6 Å². The smallest absolute Gasteiger partial charge is 0.295 e. The number of hydrogen-bond acceptors (Lipinski definition) is 6. The van der Waals surface area contributed by atoms with E-state index < -0.39 is 6.23 Å². The summed E-state index contributed by atoms with van der Waals surface area (Å²) in [6.45, 7) is 2.33. The van der Waals surface area contributed by atoms with E-state index in [1.165, 1.54) is 10.4 Å². The number of rotatable bonds is 6. The number of nitrogens with zero attached hydrogens (tertiary/aromatic N) is 2. The minimum atomic E-state index is -1.26. The van der Waals surface area contributed by atoms with Crippen molar-refractivity contribution in [1.29, 1.82) is 0 Å². The number of carbonyl (C=O) groups is 2. The van der Waals surface area contributed by atoms with Gasteiger partial charge < -0.3 is 10.1 Å². The third-order valence-electron chi connectivity index (χ3n) is 5.90. The molecule has 6 nitrogen and oxygen atoms in total. The van der Waals surface area contributed by atoms with Crippen molar-refractivity contribution >= 4 is 46.0 Å². The second-order valence-electron chi connectivity index (χ2n) is 7.88. The number of carbonyl (C=O) groups excluding carboxylic acids is 2. The number of aliphatic imine (C=N–C) groups is 1. The molecule has 1 atom stereocenters. The highest BCUT2D eigenvalue weighted by Gasteiger charge is 2.37. The van der Waals surface area contributed by atoms with Crippen LogP contribution in [-0.2, 0) is 33.7 Å². The van der Waals surface area contributed by atoms with E-state index in [0.29, 0.717) is 23.7 Å². The molecule has 2 aliphatic heterocycles. The summed E-state index contributed by atoms with van der Waals surface area (Å²) in [5.74, 6) is -0.354. The molecule has 1 amide bonds. The number of hydrogen-bond donors (Lipinski definition) is 1. The summed E-state index contributed by atoms with van der Waals surface area (Å²) in [6, 6.07) is 17.4. The van der Waals surface area contributed by atoms with E-state index in [0.717, 1.165) is 41.2 Å². The summed E-state index contributed by atoms with van der Waals surface area (Å²) in [7, 11) is 0. The predicted octanol–water partition coefficient (Wildman–Crippen LogP) is 3.97. The lowest BCUT2D eigenvalue weighted by atomic mass is 9.95. The monoisotopic (exact) mass is 479 g/mol. The molecule has 1 unspecified atom stereocenters. The van der Waals surface area contributed by atoms with Gasteiger partial charge in [0, 0.05) is 34.1 Å². The van der Waals surface area contributed by atoms with Gasteiger partial charge in [0.1, 0.15) is 5.00 Å². The fourth-order valence-electron chi connectivity index (χ4n) is 4.32. The minimum Gasteiger partial charge on any atom is -0.432 e. The summed E-state index contributed by atoms with van der Waals surface area (Å²) in [6.07, 6.45) is 0.230. The van der Waals surface area contributed by atoms with Crippen LogP contribution in [0, 0.1) is 0 Å². The van der Waals surface area contributed by atoms with E-state index in [2.05, 4.69) is 10.3 Å². The molecular weight excluding hydrogens is 458 g/mol. The first-order valence-corrected chi connectivity index (χ1v) is 12.0. The quantitative estimate of drug-likeness (QED) is 0.543. The molecule has 168 valence electrons. The molecule has 5 rings (SSSR count). The Morgan fingerprint density at radius 2 is 1.97 bits per heavy atom. The first-order chi connectivity index (χ1) is 16.2. The van der Waals surface area contributed by atoms with Gasteiger partial charge in [0.05, 0.1) is 5.71 Å². The van der Waals surface area contributed by atoms with Crippen molar-refractivity contribution in [3.63, 3.8) is 0 Å². The van der Waals surface area contributed by atoms with Crippen molar-refractivity contribution in [3.8, 4) is 0 Å². The van der Waals surface area contributed by atoms with Crippen LogP contribution in [0.4, 0.5) is 5.00 Å². The Labute approximate surface area is 200 Å². The van der Waals surface area contributed by atoms with Crippen LogP contribution < -0.4 is 10.2 Å². The topological polar surface area (TPSA) is 71.0 Å². The number of fused-ring (bicyclic) bond motifs is 3. The Hall–Kier alpha value is -3.00. The number of halogens is 1. The molecule has 0 spiro atoms. The van der Waals surface area contributed by atoms with Gasteiger partial charge in [-0.2, -0.15) is 0 Å². The molecule has 1 N–H and O–H groups in total. The van der Waals surface area contributed by atoms with Crippen LogP contribution in [0.25, 0.3) is 0 Å². The van der Waals surface area contributed by atoms with Crippen LogP contribution in [0.2, 0.25) is 5.02 Å². The minimum absolute atomic E-state index is 0.282. The first kappa shape index (κ1) is 21.8. The molecule has 3 heterocycles. The lowest BCUT2D eigenvalue weighted by molar-refractivity contribution is -0.142. The van der Waals surface area contributed by atoms with Gasteiger partial charge in [-0.1, -0.05) is 60.1 Å². The first-order valence-electron chi connectivity index (χ1n) is 10.8. The standard InChI is InChI=1S/C25H22ClN3O3S/c26-19-9-5-4-8-17(19)22-21-18-10-12-27-14-20(18)33-25(21)29(24(31)23(28-22)32-15-30)13-11-16-6-2-1-3-7-16/h1-9,15,23,27H,10-14H2. The molecule has 0 radical (unpaired) electrons. The van der Waals surface area contributed by atoms with Crippen molar-refractivity contribution in [2.75, 3.05) is 18.0 Å². The molecule has 3 aromatic rings. The van der Waals surface area contributed by atoms with Gasteiger partial charge in [-0.25, -0.2) is 4.99 Å². The Kier molecular flexibility index (Phi) is 6.26. The van der Waals surface area contributed by atoms with E-state index in [4.69, 9.17) is 16.3 Å². The van der Waals surface area contributed by atoms with E-state index in [-0.39, 0.29) is 12.4 Å². The Morgan fingerprint density at radius 1 is 1.18 bits per heavy atom. The summed E-state index contributed by atoms with van der Waals surface area (Å²) in [4.78, 5) is 32.5. The molecule has 8 heteroatoms. The third-order valence-corrected chi connectivity index (χ3v) is 7.48. The van der Waals surface area contributed by atoms with Crippen LogP contribution >= 0.6 is 22.9 Å². The number of ether oxygens (including phenoxy) is 1. The summed E-state index contributed by atoms with van der Waals surface area (Å²) in [5, 5.41) is 4.78. The fraction of sp³-hybridized carbons (Fsp3) is 0.240. The van der Waals surface area contributed by atoms with Crippen LogP contribution in [-0.4, -0.2) is 37.4 Å². The third kappa shape index (κ3) is 4.19. The van der Waals surface area contributed by atoms with Crippen molar-refractivity contribution in [3.05, 3.63) is 86.8 Å². The highest BCUT2D eigenvalue weighted by atomic mass is 35.5. The maximum absolute atomic E-state index is 13.6. The average Bonchev–Trinajstić information content (AvgIpc) is 3.17. The average molecular weight is 480 g/mol. The van der Waals surface area contributed by atoms with E-state index in [1.54, 1.807) is 22.3 Å². The molecule has 0 saturated heterocycles. The van der Waals surface area contributed by atoms with Gasteiger partial charge in [0.2, 0.25) is 0 Å². The van der Waals surface area contributed by atoms with Crippen LogP contribution in [0.5, 0.6) is 0 Å². The predicted molar refractivity (Wildman–Crippen MR) is 130 cm³/mol. The van der Waals surface area contributed by atoms with Gasteiger partial charge in [-0.05, 0) is 36.6 Å². The lowest BCUT2D eigenvalue weighted by Gasteiger charge is -2.22. The fourth-order valence-corrected chi connectivity index (χ4v) is 5.89. The number of benzene rings is 2. The zero-order chi connectivity index (χ0) is 22.8. The summed E-state index contributed by atoms with van der Waals surface area (Å²) < 4.78 is 5.18. The molecule has 33 heavy (non-hydrogen) atoms. The number of nitrogens with one attached hydrogen (secondary N) is 1. The SMILES string of the molecule is O=COC1N=C(c2ccccc2Cl)c2c(sc3c2CCNC3)N(CCc2ccccc2)C1=O. The maximum atomic E-state index is 13.6. The highest BCUT2D eigenvalue weighted by Crippen LogP contribution is 2.42. The van der Waals surface area contributed by atoms with Crippen molar-refractivity contribution < 1.29 is 14.3 Å². The maximum Gasteiger partial charge on any atom is 0.295 e. The number of anilines is 1. The molecule has 0 saturated carbocycles. The molecular formula is C25H22ClN3O3S. The van der Waals surface area contributed by atoms with Gasteiger partial charge >= 0.3 is 0 Å². The van der Waals surface area contributed by atoms with Crippen LogP contribution in [0.15, 0.2) is 59.6 Å². The molecule has 2 aliphatic rings. The molecule has 1 aromatic heterocycles. The molecule has 0 fully saturated rings. The van der Waals surface area contributed by atoms with Gasteiger partial charge in [-0.3, -0.25) is 14.5 Å². The lowest BCUT2D eigenvalue weighted by Crippen LogP contribution is -2.40. The van der Waals surface area contributed by atoms with Crippen LogP contribution in [0.3, 0.4) is 0 Å². The molecule has 0 aliphatic carbocycles. The second-order valence-corrected chi connectivity index (χ2v) is 9.37. The van der Waals surface area contributed by atoms with E-state index in [1.807, 2.05) is 48.5 Å². The van der Waals surface area contributed by atoms with Gasteiger partial charge in [0.15, 0.2) is 0 Å². The molecule has 2 aromatic carbocycles. The second kappa shape index (κ2) is 9.47. The van der Waals surface area contributed by atoms with Gasteiger partial charge in [-0.15, -0.1) is 11.3 Å². The van der Waals surface area contributed by atoms with E-state index in [9.17, 15) is 9.59 Å². The number of amides is 1. The highest BCUT2D eigenvalue weighted by molar-refractivity contribution is 7.17. The normalized spacial score (nSPS) is 17.6. The summed E-state index contributed by atoms with van der Waals surface area (Å²) >= 11 is 8.16. The Morgan fingerprint density at radius 3 is 2.76 bits per heavy atom. The number of thiophene rings is 1.